The summed E-state index contributed by atoms with van der Waals surface area (Å²) in [7, 11) is 0. The minimum atomic E-state index is -0.306. The minimum absolute atomic E-state index is 0.0871. The molecule has 0 unspecified atom stereocenters. The molecule has 0 spiro atoms. The van der Waals surface area contributed by atoms with Crippen LogP contribution in [-0.2, 0) is 11.3 Å². The lowest BCUT2D eigenvalue weighted by Crippen LogP contribution is -2.24. The molecule has 0 atom stereocenters. The molecule has 0 fully saturated rings. The summed E-state index contributed by atoms with van der Waals surface area (Å²) in [6.45, 7) is 2.68. The van der Waals surface area contributed by atoms with Gasteiger partial charge in [-0.3, -0.25) is 4.79 Å². The normalized spacial score (nSPS) is 11.1. The maximum Gasteiger partial charge on any atom is 0.277 e. The molecular weight excluding hydrogens is 374 g/mol. The highest BCUT2D eigenvalue weighted by Gasteiger charge is 2.07. The van der Waals surface area contributed by atoms with Gasteiger partial charge in [0.25, 0.3) is 5.91 Å². The van der Waals surface area contributed by atoms with Crippen LogP contribution in [0.4, 0.5) is 0 Å². The number of fused-ring (bicyclic) bond motifs is 1. The lowest BCUT2D eigenvalue weighted by molar-refractivity contribution is -0.123. The number of carbonyl (C=O) groups excluding carboxylic acids is 1. The molecule has 4 rings (SSSR count). The number of hydrogen-bond donors (Lipinski definition) is 1. The van der Waals surface area contributed by atoms with Crippen molar-refractivity contribution in [3.05, 3.63) is 102 Å². The van der Waals surface area contributed by atoms with Crippen molar-refractivity contribution in [1.29, 1.82) is 0 Å². The maximum absolute atomic E-state index is 12.0. The number of nitrogens with one attached hydrogen (secondary N) is 1. The zero-order valence-electron chi connectivity index (χ0n) is 16.8. The molecule has 5 nitrogen and oxygen atoms in total. The third-order valence-electron chi connectivity index (χ3n) is 4.80. The predicted molar refractivity (Wildman–Crippen MR) is 120 cm³/mol. The lowest BCUT2D eigenvalue weighted by atomic mass is 10.2. The second-order valence-corrected chi connectivity index (χ2v) is 7.11. The number of benzene rings is 3. The fourth-order valence-electron chi connectivity index (χ4n) is 3.28. The Morgan fingerprint density at radius 3 is 2.53 bits per heavy atom. The quantitative estimate of drug-likeness (QED) is 0.368. The first-order valence-corrected chi connectivity index (χ1v) is 9.82. The molecule has 0 bridgehead atoms. The van der Waals surface area contributed by atoms with Gasteiger partial charge in [0.05, 0.1) is 6.21 Å². The van der Waals surface area contributed by atoms with Crippen LogP contribution in [0, 0.1) is 6.92 Å². The highest BCUT2D eigenvalue weighted by atomic mass is 16.5. The Morgan fingerprint density at radius 2 is 1.73 bits per heavy atom. The van der Waals surface area contributed by atoms with Gasteiger partial charge in [0.1, 0.15) is 5.75 Å². The number of hydrogen-bond acceptors (Lipinski definition) is 3. The van der Waals surface area contributed by atoms with Gasteiger partial charge in [0.15, 0.2) is 6.61 Å². The summed E-state index contributed by atoms with van der Waals surface area (Å²) < 4.78 is 7.67. The first-order chi connectivity index (χ1) is 14.7. The maximum atomic E-state index is 12.0. The summed E-state index contributed by atoms with van der Waals surface area (Å²) in [5.41, 5.74) is 6.97. The van der Waals surface area contributed by atoms with E-state index in [9.17, 15) is 4.79 Å². The second-order valence-electron chi connectivity index (χ2n) is 7.11. The van der Waals surface area contributed by atoms with Crippen molar-refractivity contribution in [2.24, 2.45) is 5.10 Å². The Balaban J connectivity index is 1.42. The van der Waals surface area contributed by atoms with E-state index in [0.717, 1.165) is 28.6 Å². The molecule has 4 aromatic rings. The van der Waals surface area contributed by atoms with E-state index in [1.165, 1.54) is 5.56 Å². The number of para-hydroxylation sites is 1. The van der Waals surface area contributed by atoms with Crippen LogP contribution in [0.5, 0.6) is 5.75 Å². The average molecular weight is 397 g/mol. The number of carbonyl (C=O) groups is 1. The number of aryl methyl sites for hydroxylation is 1. The van der Waals surface area contributed by atoms with Crippen LogP contribution in [0.15, 0.2) is 90.2 Å². The van der Waals surface area contributed by atoms with E-state index in [4.69, 9.17) is 4.74 Å². The van der Waals surface area contributed by atoms with Crippen LogP contribution in [0.1, 0.15) is 16.7 Å². The van der Waals surface area contributed by atoms with Crippen molar-refractivity contribution in [2.75, 3.05) is 6.61 Å². The van der Waals surface area contributed by atoms with Gasteiger partial charge in [-0.15, -0.1) is 0 Å². The van der Waals surface area contributed by atoms with Crippen molar-refractivity contribution in [2.45, 2.75) is 13.5 Å². The van der Waals surface area contributed by atoms with E-state index in [-0.39, 0.29) is 12.5 Å². The van der Waals surface area contributed by atoms with Gasteiger partial charge < -0.3 is 9.30 Å². The molecule has 0 saturated carbocycles. The fraction of sp³-hybridized carbons (Fsp3) is 0.120. The molecule has 0 radical (unpaired) electrons. The molecule has 1 amide bonds. The molecule has 0 aliphatic heterocycles. The van der Waals surface area contributed by atoms with Gasteiger partial charge >= 0.3 is 0 Å². The first-order valence-electron chi connectivity index (χ1n) is 9.82. The SMILES string of the molecule is Cc1ccc(OCC(=O)N/N=C\c2cn(Cc3ccccc3)c3ccccc23)cc1. The largest absolute Gasteiger partial charge is 0.484 e. The summed E-state index contributed by atoms with van der Waals surface area (Å²) >= 11 is 0. The van der Waals surface area contributed by atoms with E-state index >= 15 is 0 Å². The summed E-state index contributed by atoms with van der Waals surface area (Å²) in [5.74, 6) is 0.351. The molecule has 0 aliphatic rings. The Labute approximate surface area is 175 Å². The highest BCUT2D eigenvalue weighted by molar-refractivity contribution is 5.99. The van der Waals surface area contributed by atoms with Crippen molar-refractivity contribution in [3.8, 4) is 5.75 Å². The second kappa shape index (κ2) is 9.09. The van der Waals surface area contributed by atoms with Crippen molar-refractivity contribution in [1.82, 2.24) is 9.99 Å². The summed E-state index contributed by atoms with van der Waals surface area (Å²) in [6, 6.07) is 26.0. The highest BCUT2D eigenvalue weighted by Crippen LogP contribution is 2.21. The molecular formula is C25H23N3O2. The van der Waals surface area contributed by atoms with Gasteiger partial charge in [-0.25, -0.2) is 5.43 Å². The van der Waals surface area contributed by atoms with Crippen LogP contribution in [-0.4, -0.2) is 23.3 Å². The van der Waals surface area contributed by atoms with Gasteiger partial charge in [-0.05, 0) is 30.7 Å². The van der Waals surface area contributed by atoms with Crippen LogP contribution in [0.2, 0.25) is 0 Å². The molecule has 30 heavy (non-hydrogen) atoms. The average Bonchev–Trinajstić information content (AvgIpc) is 3.12. The number of rotatable bonds is 7. The van der Waals surface area contributed by atoms with E-state index in [1.807, 2.05) is 61.5 Å². The smallest absolute Gasteiger partial charge is 0.277 e. The van der Waals surface area contributed by atoms with Gasteiger partial charge in [-0.2, -0.15) is 5.10 Å². The topological polar surface area (TPSA) is 55.6 Å². The zero-order chi connectivity index (χ0) is 20.8. The van der Waals surface area contributed by atoms with Gasteiger partial charge in [0.2, 0.25) is 0 Å². The van der Waals surface area contributed by atoms with Gasteiger partial charge in [0, 0.05) is 29.2 Å². The van der Waals surface area contributed by atoms with Crippen molar-refractivity contribution in [3.63, 3.8) is 0 Å². The third kappa shape index (κ3) is 4.75. The minimum Gasteiger partial charge on any atom is -0.484 e. The predicted octanol–water partition coefficient (Wildman–Crippen LogP) is 4.53. The summed E-state index contributed by atoms with van der Waals surface area (Å²) in [4.78, 5) is 12.0. The van der Waals surface area contributed by atoms with Crippen LogP contribution in [0.25, 0.3) is 10.9 Å². The number of aromatic nitrogens is 1. The molecule has 5 heteroatoms. The van der Waals surface area contributed by atoms with E-state index in [0.29, 0.717) is 5.75 Å². The van der Waals surface area contributed by atoms with Crippen molar-refractivity contribution < 1.29 is 9.53 Å². The Bertz CT molecular complexity index is 1160. The molecule has 1 heterocycles. The number of hydrazone groups is 1. The first kappa shape index (κ1) is 19.5. The summed E-state index contributed by atoms with van der Waals surface area (Å²) in [6.07, 6.45) is 3.73. The molecule has 1 aromatic heterocycles. The monoisotopic (exact) mass is 397 g/mol. The fourth-order valence-corrected chi connectivity index (χ4v) is 3.28. The van der Waals surface area contributed by atoms with Crippen LogP contribution >= 0.6 is 0 Å². The van der Waals surface area contributed by atoms with Crippen LogP contribution < -0.4 is 10.2 Å². The summed E-state index contributed by atoms with van der Waals surface area (Å²) in [5, 5.41) is 5.21. The standard InChI is InChI=1S/C25H23N3O2/c1-19-11-13-22(14-12-19)30-18-25(29)27-26-15-21-17-28(16-20-7-3-2-4-8-20)24-10-6-5-9-23(21)24/h2-15,17H,16,18H2,1H3,(H,27,29)/b26-15-. The van der Waals surface area contributed by atoms with Crippen LogP contribution in [0.3, 0.4) is 0 Å². The number of ether oxygens (including phenoxy) is 1. The molecule has 0 aliphatic carbocycles. The molecule has 150 valence electrons. The Kier molecular flexibility index (Phi) is 5.90. The van der Waals surface area contributed by atoms with Gasteiger partial charge in [-0.1, -0.05) is 66.2 Å². The molecule has 0 saturated heterocycles. The molecule has 3 aromatic carbocycles. The zero-order valence-corrected chi connectivity index (χ0v) is 16.8. The van der Waals surface area contributed by atoms with Crippen molar-refractivity contribution >= 4 is 23.0 Å². The van der Waals surface area contributed by atoms with E-state index in [1.54, 1.807) is 6.21 Å². The lowest BCUT2D eigenvalue weighted by Gasteiger charge is -2.05. The Morgan fingerprint density at radius 1 is 1.00 bits per heavy atom. The number of nitrogens with zero attached hydrogens (tertiary/aromatic N) is 2. The van der Waals surface area contributed by atoms with E-state index in [2.05, 4.69) is 45.6 Å². The third-order valence-corrected chi connectivity index (χ3v) is 4.80. The Hall–Kier alpha value is -3.86. The number of amides is 1. The molecule has 1 N–H and O–H groups in total. The van der Waals surface area contributed by atoms with E-state index < -0.39 is 0 Å².